The molecule has 53 heavy (non-hydrogen) atoms. The highest BCUT2D eigenvalue weighted by Crippen LogP contribution is 2.30. The Bertz CT molecular complexity index is 1540. The summed E-state index contributed by atoms with van der Waals surface area (Å²) in [5.74, 6) is 0.476. The van der Waals surface area contributed by atoms with Gasteiger partial charge in [0.1, 0.15) is 0 Å². The van der Waals surface area contributed by atoms with Gasteiger partial charge in [0.15, 0.2) is 5.75 Å². The lowest BCUT2D eigenvalue weighted by Crippen LogP contribution is -2.47. The van der Waals surface area contributed by atoms with E-state index < -0.39 is 0 Å². The van der Waals surface area contributed by atoms with Crippen LogP contribution in [0.4, 0.5) is 0 Å². The third kappa shape index (κ3) is 14.2. The lowest BCUT2D eigenvalue weighted by molar-refractivity contribution is 0.103. The minimum atomic E-state index is -0.00680. The van der Waals surface area contributed by atoms with Crippen molar-refractivity contribution in [3.63, 3.8) is 0 Å². The minimum Gasteiger partial charge on any atom is -0.488 e. The fourth-order valence-corrected chi connectivity index (χ4v) is 7.89. The normalized spacial score (nSPS) is 13.8. The van der Waals surface area contributed by atoms with Gasteiger partial charge in [-0.05, 0) is 23.1 Å². The molecule has 0 unspecified atom stereocenters. The van der Waals surface area contributed by atoms with Crippen LogP contribution in [0.5, 0.6) is 5.75 Å². The number of rotatable bonds is 25. The lowest BCUT2D eigenvalue weighted by atomic mass is 9.96. The van der Waals surface area contributed by atoms with Crippen LogP contribution in [-0.4, -0.2) is 47.2 Å². The van der Waals surface area contributed by atoms with Crippen LogP contribution < -0.4 is 10.2 Å². The van der Waals surface area contributed by atoms with Gasteiger partial charge in [0.25, 0.3) is 0 Å². The first-order valence-electron chi connectivity index (χ1n) is 21.2. The zero-order chi connectivity index (χ0) is 36.8. The number of nitrogens with zero attached hydrogens (tertiary/aromatic N) is 3. The van der Waals surface area contributed by atoms with Gasteiger partial charge in [0, 0.05) is 51.0 Å². The highest BCUT2D eigenvalue weighted by molar-refractivity contribution is 5.32. The van der Waals surface area contributed by atoms with E-state index in [9.17, 15) is 4.79 Å². The van der Waals surface area contributed by atoms with Gasteiger partial charge in [-0.3, -0.25) is 14.6 Å². The number of piperazine rings is 1. The third-order valence-electron chi connectivity index (χ3n) is 11.0. The first-order chi connectivity index (χ1) is 26.2. The SMILES string of the molecule is CCCCCCCCCCCCCCCCCCOc1cn(Cc2ccccc2)c(CN2CCN(C(c3ccccc3)c3ccccc3)CC2)cc1=O. The Labute approximate surface area is 321 Å². The molecule has 5 nitrogen and oxygen atoms in total. The van der Waals surface area contributed by atoms with Crippen molar-refractivity contribution in [3.8, 4) is 5.75 Å². The minimum absolute atomic E-state index is 0.00680. The van der Waals surface area contributed by atoms with Crippen LogP contribution in [0.1, 0.15) is 138 Å². The second-order valence-electron chi connectivity index (χ2n) is 15.3. The maximum Gasteiger partial charge on any atom is 0.223 e. The predicted octanol–water partition coefficient (Wildman–Crippen LogP) is 11.4. The van der Waals surface area contributed by atoms with Gasteiger partial charge in [0.05, 0.1) is 18.8 Å². The fourth-order valence-electron chi connectivity index (χ4n) is 7.89. The summed E-state index contributed by atoms with van der Waals surface area (Å²) in [5, 5.41) is 0. The Morgan fingerprint density at radius 3 is 1.55 bits per heavy atom. The van der Waals surface area contributed by atoms with Crippen molar-refractivity contribution in [2.45, 2.75) is 129 Å². The molecule has 1 fully saturated rings. The monoisotopic (exact) mass is 718 g/mol. The summed E-state index contributed by atoms with van der Waals surface area (Å²) >= 11 is 0. The quantitative estimate of drug-likeness (QED) is 0.0640. The molecular formula is C48H67N3O2. The van der Waals surface area contributed by atoms with E-state index in [0.717, 1.165) is 57.8 Å². The second-order valence-corrected chi connectivity index (χ2v) is 15.3. The largest absolute Gasteiger partial charge is 0.488 e. The van der Waals surface area contributed by atoms with Crippen molar-refractivity contribution < 1.29 is 4.74 Å². The molecule has 0 spiro atoms. The molecule has 0 amide bonds. The van der Waals surface area contributed by atoms with E-state index in [1.807, 2.05) is 12.3 Å². The summed E-state index contributed by atoms with van der Waals surface area (Å²) in [6.07, 6.45) is 23.5. The highest BCUT2D eigenvalue weighted by atomic mass is 16.5. The molecule has 0 aliphatic carbocycles. The van der Waals surface area contributed by atoms with Crippen LogP contribution >= 0.6 is 0 Å². The van der Waals surface area contributed by atoms with E-state index in [2.05, 4.69) is 112 Å². The van der Waals surface area contributed by atoms with Crippen molar-refractivity contribution in [3.05, 3.63) is 136 Å². The molecule has 0 N–H and O–H groups in total. The lowest BCUT2D eigenvalue weighted by Gasteiger charge is -2.40. The van der Waals surface area contributed by atoms with Crippen molar-refractivity contribution in [1.82, 2.24) is 14.4 Å². The summed E-state index contributed by atoms with van der Waals surface area (Å²) in [5.41, 5.74) is 4.93. The average Bonchev–Trinajstić information content (AvgIpc) is 3.19. The molecule has 0 bridgehead atoms. The Hall–Kier alpha value is -3.67. The van der Waals surface area contributed by atoms with E-state index in [-0.39, 0.29) is 11.5 Å². The molecule has 2 heterocycles. The number of ether oxygens (including phenoxy) is 1. The first kappa shape index (κ1) is 40.5. The molecule has 3 aromatic carbocycles. The van der Waals surface area contributed by atoms with Crippen molar-refractivity contribution in [2.75, 3.05) is 32.8 Å². The van der Waals surface area contributed by atoms with Crippen molar-refractivity contribution in [2.24, 2.45) is 0 Å². The highest BCUT2D eigenvalue weighted by Gasteiger charge is 2.27. The summed E-state index contributed by atoms with van der Waals surface area (Å²) in [6, 6.07) is 34.3. The molecule has 0 atom stereocenters. The molecule has 1 aliphatic rings. The first-order valence-corrected chi connectivity index (χ1v) is 21.2. The van der Waals surface area contributed by atoms with Crippen LogP contribution in [-0.2, 0) is 13.1 Å². The van der Waals surface area contributed by atoms with Crippen molar-refractivity contribution in [1.29, 1.82) is 0 Å². The number of hydrogen-bond acceptors (Lipinski definition) is 4. The molecule has 1 saturated heterocycles. The Morgan fingerprint density at radius 2 is 1.04 bits per heavy atom. The summed E-state index contributed by atoms with van der Waals surface area (Å²) < 4.78 is 8.39. The van der Waals surface area contributed by atoms with Crippen LogP contribution in [0.2, 0.25) is 0 Å². The zero-order valence-electron chi connectivity index (χ0n) is 32.8. The number of pyridine rings is 1. The standard InChI is InChI=1S/C48H67N3O2/c1-2-3-4-5-6-7-8-9-10-11-12-13-14-15-16-26-37-53-47-41-51(39-42-27-20-17-21-28-42)45(38-46(47)52)40-49-33-35-50(36-34-49)48(43-29-22-18-23-30-43)44-31-24-19-25-32-44/h17-25,27-32,38,41,48H,2-16,26,33-37,39-40H2,1H3. The van der Waals surface area contributed by atoms with Gasteiger partial charge >= 0.3 is 0 Å². The topological polar surface area (TPSA) is 37.7 Å². The fraction of sp³-hybridized carbons (Fsp3) is 0.521. The Morgan fingerprint density at radius 1 is 0.566 bits per heavy atom. The maximum atomic E-state index is 13.4. The number of unbranched alkanes of at least 4 members (excludes halogenated alkanes) is 15. The van der Waals surface area contributed by atoms with E-state index >= 15 is 0 Å². The molecule has 5 rings (SSSR count). The molecule has 5 heteroatoms. The smallest absolute Gasteiger partial charge is 0.223 e. The summed E-state index contributed by atoms with van der Waals surface area (Å²) in [6.45, 7) is 8.20. The van der Waals surface area contributed by atoms with Gasteiger partial charge in [-0.25, -0.2) is 0 Å². The van der Waals surface area contributed by atoms with Gasteiger partial charge < -0.3 is 9.30 Å². The van der Waals surface area contributed by atoms with E-state index in [4.69, 9.17) is 4.74 Å². The second kappa shape index (κ2) is 23.9. The summed E-state index contributed by atoms with van der Waals surface area (Å²) in [4.78, 5) is 18.5. The van der Waals surface area contributed by atoms with Crippen LogP contribution in [0.25, 0.3) is 0 Å². The Kier molecular flexibility index (Phi) is 18.3. The molecular weight excluding hydrogens is 651 g/mol. The zero-order valence-corrected chi connectivity index (χ0v) is 32.8. The molecule has 1 aromatic heterocycles. The molecule has 0 saturated carbocycles. The van der Waals surface area contributed by atoms with Gasteiger partial charge in [-0.2, -0.15) is 0 Å². The van der Waals surface area contributed by atoms with E-state index in [1.165, 1.54) is 107 Å². The van der Waals surface area contributed by atoms with Crippen molar-refractivity contribution >= 4 is 0 Å². The average molecular weight is 718 g/mol. The van der Waals surface area contributed by atoms with Crippen LogP contribution in [0.15, 0.2) is 108 Å². The number of benzene rings is 3. The van der Waals surface area contributed by atoms with E-state index in [1.54, 1.807) is 0 Å². The molecule has 0 radical (unpaired) electrons. The maximum absolute atomic E-state index is 13.4. The van der Waals surface area contributed by atoms with Gasteiger partial charge in [-0.1, -0.05) is 194 Å². The number of aromatic nitrogens is 1. The van der Waals surface area contributed by atoms with Gasteiger partial charge in [-0.15, -0.1) is 0 Å². The molecule has 4 aromatic rings. The molecule has 1 aliphatic heterocycles. The molecule has 286 valence electrons. The Balaban J connectivity index is 1.06. The van der Waals surface area contributed by atoms with Crippen LogP contribution in [0, 0.1) is 0 Å². The number of hydrogen-bond donors (Lipinski definition) is 0. The van der Waals surface area contributed by atoms with Gasteiger partial charge in [0.2, 0.25) is 5.43 Å². The summed E-state index contributed by atoms with van der Waals surface area (Å²) in [7, 11) is 0. The third-order valence-corrected chi connectivity index (χ3v) is 11.0. The van der Waals surface area contributed by atoms with Crippen LogP contribution in [0.3, 0.4) is 0 Å². The van der Waals surface area contributed by atoms with E-state index in [0.29, 0.717) is 12.4 Å². The predicted molar refractivity (Wildman–Crippen MR) is 223 cm³/mol.